The molecule has 0 aromatic heterocycles. The van der Waals surface area contributed by atoms with Crippen molar-refractivity contribution < 1.29 is 19.2 Å². The topological polar surface area (TPSA) is 85.2 Å². The van der Waals surface area contributed by atoms with Crippen LogP contribution >= 0.6 is 0 Å². The first-order chi connectivity index (χ1) is 14.5. The molecule has 160 valence electrons. The molecule has 2 aromatic carbocycles. The molecule has 2 aromatic rings. The summed E-state index contributed by atoms with van der Waals surface area (Å²) in [6.45, 7) is 2.15. The number of nitro groups is 1. The van der Waals surface area contributed by atoms with Crippen LogP contribution in [0.2, 0.25) is 0 Å². The second kappa shape index (κ2) is 9.96. The van der Waals surface area contributed by atoms with E-state index in [4.69, 9.17) is 9.47 Å². The standard InChI is InChI=1S/C22H27N3O5/c1-23(15-16-30-19-9-7-18(29-2)8-10-19)22(26)17-11-13-24(14-12-17)20-5-3-4-6-21(20)25(27)28/h3-10,17H,11-16H2,1-2H3. The molecule has 1 amide bonds. The Morgan fingerprint density at radius 1 is 1.13 bits per heavy atom. The van der Waals surface area contributed by atoms with E-state index in [1.807, 2.05) is 29.2 Å². The number of methoxy groups -OCH3 is 1. The zero-order valence-corrected chi connectivity index (χ0v) is 17.3. The average molecular weight is 413 g/mol. The maximum atomic E-state index is 12.8. The van der Waals surface area contributed by atoms with E-state index >= 15 is 0 Å². The molecule has 0 atom stereocenters. The Hall–Kier alpha value is -3.29. The van der Waals surface area contributed by atoms with Crippen molar-refractivity contribution in [1.82, 2.24) is 4.90 Å². The fraction of sp³-hybridized carbons (Fsp3) is 0.409. The summed E-state index contributed by atoms with van der Waals surface area (Å²) in [4.78, 5) is 27.4. The van der Waals surface area contributed by atoms with Gasteiger partial charge < -0.3 is 19.3 Å². The number of nitro benzene ring substituents is 1. The van der Waals surface area contributed by atoms with Gasteiger partial charge in [0.15, 0.2) is 0 Å². The van der Waals surface area contributed by atoms with Gasteiger partial charge in [0.1, 0.15) is 23.8 Å². The van der Waals surface area contributed by atoms with Gasteiger partial charge in [0.2, 0.25) is 5.91 Å². The van der Waals surface area contributed by atoms with E-state index in [1.54, 1.807) is 37.3 Å². The number of carbonyl (C=O) groups is 1. The largest absolute Gasteiger partial charge is 0.497 e. The van der Waals surface area contributed by atoms with Crippen LogP contribution in [0.4, 0.5) is 11.4 Å². The highest BCUT2D eigenvalue weighted by Gasteiger charge is 2.29. The maximum absolute atomic E-state index is 12.8. The van der Waals surface area contributed by atoms with Gasteiger partial charge in [-0.15, -0.1) is 0 Å². The van der Waals surface area contributed by atoms with E-state index in [2.05, 4.69) is 0 Å². The predicted octanol–water partition coefficient (Wildman–Crippen LogP) is 3.36. The molecular weight excluding hydrogens is 386 g/mol. The number of hydrogen-bond donors (Lipinski definition) is 0. The minimum atomic E-state index is -0.358. The molecule has 0 aliphatic carbocycles. The van der Waals surface area contributed by atoms with Gasteiger partial charge >= 0.3 is 0 Å². The molecule has 1 saturated heterocycles. The number of likely N-dealkylation sites (N-methyl/N-ethyl adjacent to an activating group) is 1. The first kappa shape index (κ1) is 21.4. The number of piperidine rings is 1. The van der Waals surface area contributed by atoms with Gasteiger partial charge in [-0.2, -0.15) is 0 Å². The van der Waals surface area contributed by atoms with Crippen LogP contribution in [0, 0.1) is 16.0 Å². The average Bonchev–Trinajstić information content (AvgIpc) is 2.79. The highest BCUT2D eigenvalue weighted by atomic mass is 16.6. The van der Waals surface area contributed by atoms with E-state index in [-0.39, 0.29) is 22.4 Å². The Kier molecular flexibility index (Phi) is 7.11. The highest BCUT2D eigenvalue weighted by Crippen LogP contribution is 2.31. The number of para-hydroxylation sites is 2. The Labute approximate surface area is 176 Å². The van der Waals surface area contributed by atoms with Crippen LogP contribution in [0.15, 0.2) is 48.5 Å². The molecule has 1 heterocycles. The first-order valence-electron chi connectivity index (χ1n) is 10.00. The number of carbonyl (C=O) groups excluding carboxylic acids is 1. The first-order valence-corrected chi connectivity index (χ1v) is 10.00. The SMILES string of the molecule is COc1ccc(OCCN(C)C(=O)C2CCN(c3ccccc3[N+](=O)[O-])CC2)cc1. The molecule has 0 saturated carbocycles. The van der Waals surface area contributed by atoms with E-state index in [0.29, 0.717) is 44.8 Å². The van der Waals surface area contributed by atoms with Crippen molar-refractivity contribution in [3.8, 4) is 11.5 Å². The van der Waals surface area contributed by atoms with Crippen molar-refractivity contribution in [2.24, 2.45) is 5.92 Å². The highest BCUT2D eigenvalue weighted by molar-refractivity contribution is 5.79. The van der Waals surface area contributed by atoms with E-state index < -0.39 is 0 Å². The molecule has 1 aliphatic heterocycles. The minimum absolute atomic E-state index is 0.0741. The summed E-state index contributed by atoms with van der Waals surface area (Å²) >= 11 is 0. The van der Waals surface area contributed by atoms with Gasteiger partial charge in [0.25, 0.3) is 5.69 Å². The van der Waals surface area contributed by atoms with Crippen molar-refractivity contribution in [2.45, 2.75) is 12.8 Å². The predicted molar refractivity (Wildman–Crippen MR) is 114 cm³/mol. The van der Waals surface area contributed by atoms with Gasteiger partial charge in [-0.05, 0) is 43.2 Å². The summed E-state index contributed by atoms with van der Waals surface area (Å²) in [5.41, 5.74) is 0.727. The summed E-state index contributed by atoms with van der Waals surface area (Å²) < 4.78 is 10.8. The second-order valence-corrected chi connectivity index (χ2v) is 7.29. The fourth-order valence-electron chi connectivity index (χ4n) is 3.65. The zero-order chi connectivity index (χ0) is 21.5. The van der Waals surface area contributed by atoms with Crippen LogP contribution < -0.4 is 14.4 Å². The molecule has 0 N–H and O–H groups in total. The third-order valence-corrected chi connectivity index (χ3v) is 5.39. The Balaban J connectivity index is 1.47. The lowest BCUT2D eigenvalue weighted by Gasteiger charge is -2.34. The molecule has 30 heavy (non-hydrogen) atoms. The number of benzene rings is 2. The number of nitrogens with zero attached hydrogens (tertiary/aromatic N) is 3. The summed E-state index contributed by atoms with van der Waals surface area (Å²) in [6, 6.07) is 14.1. The van der Waals surface area contributed by atoms with Crippen molar-refractivity contribution in [3.05, 3.63) is 58.6 Å². The van der Waals surface area contributed by atoms with E-state index in [1.165, 1.54) is 6.07 Å². The zero-order valence-electron chi connectivity index (χ0n) is 17.3. The lowest BCUT2D eigenvalue weighted by atomic mass is 9.95. The minimum Gasteiger partial charge on any atom is -0.497 e. The molecule has 1 aliphatic rings. The molecule has 0 spiro atoms. The smallest absolute Gasteiger partial charge is 0.292 e. The maximum Gasteiger partial charge on any atom is 0.292 e. The van der Waals surface area contributed by atoms with Gasteiger partial charge in [0.05, 0.1) is 18.6 Å². The molecule has 8 heteroatoms. The number of amides is 1. The molecule has 0 unspecified atom stereocenters. The number of hydrogen-bond acceptors (Lipinski definition) is 6. The Morgan fingerprint density at radius 2 is 1.77 bits per heavy atom. The monoisotopic (exact) mass is 413 g/mol. The van der Waals surface area contributed by atoms with Gasteiger partial charge in [-0.3, -0.25) is 14.9 Å². The normalized spacial score (nSPS) is 14.3. The van der Waals surface area contributed by atoms with Crippen molar-refractivity contribution in [1.29, 1.82) is 0 Å². The number of rotatable bonds is 8. The molecule has 8 nitrogen and oxygen atoms in total. The van der Waals surface area contributed by atoms with Crippen molar-refractivity contribution in [2.75, 3.05) is 45.3 Å². The van der Waals surface area contributed by atoms with Crippen LogP contribution in [0.5, 0.6) is 11.5 Å². The lowest BCUT2D eigenvalue weighted by Crippen LogP contribution is -2.42. The molecule has 0 bridgehead atoms. The number of anilines is 1. The van der Waals surface area contributed by atoms with Crippen LogP contribution in [-0.2, 0) is 4.79 Å². The van der Waals surface area contributed by atoms with Crippen LogP contribution in [0.3, 0.4) is 0 Å². The molecular formula is C22H27N3O5. The molecule has 1 fully saturated rings. The third kappa shape index (κ3) is 5.20. The summed E-state index contributed by atoms with van der Waals surface area (Å²) in [6.07, 6.45) is 1.35. The lowest BCUT2D eigenvalue weighted by molar-refractivity contribution is -0.384. The van der Waals surface area contributed by atoms with Crippen molar-refractivity contribution in [3.63, 3.8) is 0 Å². The molecule has 0 radical (unpaired) electrons. The number of ether oxygens (including phenoxy) is 2. The summed E-state index contributed by atoms with van der Waals surface area (Å²) in [5.74, 6) is 1.52. The molecule has 3 rings (SSSR count). The van der Waals surface area contributed by atoms with Gasteiger partial charge in [0, 0.05) is 32.1 Å². The third-order valence-electron chi connectivity index (χ3n) is 5.39. The van der Waals surface area contributed by atoms with Gasteiger partial charge in [-0.25, -0.2) is 0 Å². The van der Waals surface area contributed by atoms with E-state index in [9.17, 15) is 14.9 Å². The summed E-state index contributed by atoms with van der Waals surface area (Å²) in [7, 11) is 3.40. The van der Waals surface area contributed by atoms with Gasteiger partial charge in [-0.1, -0.05) is 12.1 Å². The summed E-state index contributed by atoms with van der Waals surface area (Å²) in [5, 5.41) is 11.3. The quantitative estimate of drug-likeness (QED) is 0.487. The van der Waals surface area contributed by atoms with Crippen molar-refractivity contribution >= 4 is 17.3 Å². The fourth-order valence-corrected chi connectivity index (χ4v) is 3.65. The Bertz CT molecular complexity index is 863. The van der Waals surface area contributed by atoms with Crippen LogP contribution in [0.25, 0.3) is 0 Å². The Morgan fingerprint density at radius 3 is 2.40 bits per heavy atom. The second-order valence-electron chi connectivity index (χ2n) is 7.29. The van der Waals surface area contributed by atoms with Crippen LogP contribution in [-0.4, -0.2) is 56.1 Å². The van der Waals surface area contributed by atoms with E-state index in [0.717, 1.165) is 11.5 Å². The van der Waals surface area contributed by atoms with Crippen LogP contribution in [0.1, 0.15) is 12.8 Å².